The lowest BCUT2D eigenvalue weighted by Crippen LogP contribution is -2.33. The molecule has 0 aliphatic heterocycles. The Bertz CT molecular complexity index is 1090. The van der Waals surface area contributed by atoms with Crippen LogP contribution in [-0.2, 0) is 13.0 Å². The Balaban J connectivity index is 1.84. The number of carbonyl (C=O) groups is 1. The number of carbonyl (C=O) groups excluding carboxylic acids is 1. The Kier molecular flexibility index (Phi) is 8.10. The van der Waals surface area contributed by atoms with Crippen LogP contribution in [0.5, 0.6) is 5.75 Å². The van der Waals surface area contributed by atoms with Crippen molar-refractivity contribution in [3.63, 3.8) is 0 Å². The molecule has 1 amide bonds. The van der Waals surface area contributed by atoms with Gasteiger partial charge in [0.15, 0.2) is 0 Å². The van der Waals surface area contributed by atoms with Crippen molar-refractivity contribution in [3.05, 3.63) is 93.5 Å². The van der Waals surface area contributed by atoms with Gasteiger partial charge in [0.2, 0.25) is 0 Å². The lowest BCUT2D eigenvalue weighted by Gasteiger charge is -2.24. The normalized spacial score (nSPS) is 11.2. The third kappa shape index (κ3) is 7.30. The maximum atomic E-state index is 13.4. The highest BCUT2D eigenvalue weighted by Crippen LogP contribution is 2.25. The number of anilines is 1. The zero-order valence-electron chi connectivity index (χ0n) is 17.6. The average Bonchev–Trinajstić information content (AvgIpc) is 2.77. The summed E-state index contributed by atoms with van der Waals surface area (Å²) in [5, 5.41) is 4.02. The van der Waals surface area contributed by atoms with E-state index in [0.29, 0.717) is 39.8 Å². The molecule has 3 rings (SSSR count). The molecule has 33 heavy (non-hydrogen) atoms. The van der Waals surface area contributed by atoms with E-state index in [0.717, 1.165) is 5.56 Å². The van der Waals surface area contributed by atoms with Crippen molar-refractivity contribution in [1.29, 1.82) is 0 Å². The summed E-state index contributed by atoms with van der Waals surface area (Å²) in [6, 6.07) is 17.8. The second-order valence-corrected chi connectivity index (χ2v) is 8.11. The highest BCUT2D eigenvalue weighted by molar-refractivity contribution is 6.31. The summed E-state index contributed by atoms with van der Waals surface area (Å²) in [6.45, 7) is 0.561. The first-order chi connectivity index (χ1) is 15.6. The molecule has 9 heteroatoms. The second kappa shape index (κ2) is 10.8. The van der Waals surface area contributed by atoms with Crippen molar-refractivity contribution < 1.29 is 22.7 Å². The first-order valence-corrected chi connectivity index (χ1v) is 10.8. The maximum absolute atomic E-state index is 13.4. The molecular weight excluding hydrogens is 476 g/mol. The number of ether oxygens (including phenoxy) is 1. The van der Waals surface area contributed by atoms with Gasteiger partial charge in [-0.05, 0) is 60.0 Å². The smallest absolute Gasteiger partial charge is 0.406 e. The highest BCUT2D eigenvalue weighted by atomic mass is 35.5. The Hall–Kier alpha value is -2.90. The standard InChI is InChI=1S/C24H21Cl2F3N2O2/c1-30-22-11-8-19(26)14-21(22)23(32)31(13-12-16-2-6-18(25)7-3-16)15-17-4-9-20(10-5-17)33-24(27,28)29/h2-11,14,30H,12-13,15H2,1H3. The number of rotatable bonds is 8. The van der Waals surface area contributed by atoms with Crippen molar-refractivity contribution in [2.75, 3.05) is 18.9 Å². The van der Waals surface area contributed by atoms with Crippen LogP contribution in [0.1, 0.15) is 21.5 Å². The maximum Gasteiger partial charge on any atom is 0.573 e. The van der Waals surface area contributed by atoms with Crippen molar-refractivity contribution in [3.8, 4) is 5.75 Å². The van der Waals surface area contributed by atoms with Crippen molar-refractivity contribution in [1.82, 2.24) is 4.90 Å². The monoisotopic (exact) mass is 496 g/mol. The van der Waals surface area contributed by atoms with Crippen LogP contribution >= 0.6 is 23.2 Å². The van der Waals surface area contributed by atoms with Gasteiger partial charge in [-0.15, -0.1) is 13.2 Å². The molecule has 0 unspecified atom stereocenters. The van der Waals surface area contributed by atoms with E-state index in [9.17, 15) is 18.0 Å². The molecular formula is C24H21Cl2F3N2O2. The van der Waals surface area contributed by atoms with Gasteiger partial charge in [0, 0.05) is 35.9 Å². The van der Waals surface area contributed by atoms with Crippen LogP contribution in [0, 0.1) is 0 Å². The molecule has 0 aliphatic rings. The lowest BCUT2D eigenvalue weighted by atomic mass is 10.1. The van der Waals surface area contributed by atoms with Crippen LogP contribution in [0.3, 0.4) is 0 Å². The van der Waals surface area contributed by atoms with Gasteiger partial charge >= 0.3 is 6.36 Å². The Morgan fingerprint density at radius 3 is 2.15 bits per heavy atom. The Morgan fingerprint density at radius 1 is 0.939 bits per heavy atom. The number of benzene rings is 3. The fourth-order valence-corrected chi connectivity index (χ4v) is 3.56. The molecule has 0 saturated carbocycles. The van der Waals surface area contributed by atoms with Crippen LogP contribution in [-0.4, -0.2) is 30.8 Å². The van der Waals surface area contributed by atoms with E-state index in [4.69, 9.17) is 23.2 Å². The van der Waals surface area contributed by atoms with Crippen LogP contribution in [0.15, 0.2) is 66.7 Å². The fraction of sp³-hybridized carbons (Fsp3) is 0.208. The minimum absolute atomic E-state index is 0.189. The minimum atomic E-state index is -4.77. The summed E-state index contributed by atoms with van der Waals surface area (Å²) >= 11 is 12.1. The third-order valence-corrected chi connectivity index (χ3v) is 5.37. The molecule has 0 aliphatic carbocycles. The summed E-state index contributed by atoms with van der Waals surface area (Å²) < 4.78 is 41.2. The number of nitrogens with zero attached hydrogens (tertiary/aromatic N) is 1. The molecule has 3 aromatic rings. The molecule has 0 bridgehead atoms. The quantitative estimate of drug-likeness (QED) is 0.372. The molecule has 0 saturated heterocycles. The largest absolute Gasteiger partial charge is 0.573 e. The third-order valence-electron chi connectivity index (χ3n) is 4.88. The Morgan fingerprint density at radius 2 is 1.55 bits per heavy atom. The van der Waals surface area contributed by atoms with Crippen LogP contribution in [0.25, 0.3) is 0 Å². The first kappa shape index (κ1) is 24.7. The van der Waals surface area contributed by atoms with Crippen LogP contribution in [0.2, 0.25) is 10.0 Å². The van der Waals surface area contributed by atoms with Gasteiger partial charge < -0.3 is 15.0 Å². The van der Waals surface area contributed by atoms with Gasteiger partial charge in [0.25, 0.3) is 5.91 Å². The van der Waals surface area contributed by atoms with E-state index < -0.39 is 6.36 Å². The van der Waals surface area contributed by atoms with Gasteiger partial charge in [0.05, 0.1) is 5.56 Å². The van der Waals surface area contributed by atoms with Gasteiger partial charge in [-0.25, -0.2) is 0 Å². The molecule has 0 radical (unpaired) electrons. The van der Waals surface area contributed by atoms with E-state index in [1.807, 2.05) is 12.1 Å². The highest BCUT2D eigenvalue weighted by Gasteiger charge is 2.31. The minimum Gasteiger partial charge on any atom is -0.406 e. The van der Waals surface area contributed by atoms with E-state index in [1.54, 1.807) is 42.3 Å². The summed E-state index contributed by atoms with van der Waals surface area (Å²) in [4.78, 5) is 15.1. The SMILES string of the molecule is CNc1ccc(Cl)cc1C(=O)N(CCc1ccc(Cl)cc1)Cc1ccc(OC(F)(F)F)cc1. The second-order valence-electron chi connectivity index (χ2n) is 7.23. The first-order valence-electron chi connectivity index (χ1n) is 10.0. The van der Waals surface area contributed by atoms with Gasteiger partial charge in [-0.3, -0.25) is 4.79 Å². The van der Waals surface area contributed by atoms with Gasteiger partial charge in [-0.2, -0.15) is 0 Å². The van der Waals surface area contributed by atoms with E-state index in [-0.39, 0.29) is 18.2 Å². The Labute approximate surface area is 199 Å². The van der Waals surface area contributed by atoms with Crippen LogP contribution in [0.4, 0.5) is 18.9 Å². The van der Waals surface area contributed by atoms with E-state index >= 15 is 0 Å². The fourth-order valence-electron chi connectivity index (χ4n) is 3.27. The van der Waals surface area contributed by atoms with Crippen LogP contribution < -0.4 is 10.1 Å². The van der Waals surface area contributed by atoms with Gasteiger partial charge in [0.1, 0.15) is 5.75 Å². The number of halogens is 5. The van der Waals surface area contributed by atoms with E-state index in [2.05, 4.69) is 10.1 Å². The number of hydrogen-bond acceptors (Lipinski definition) is 3. The molecule has 4 nitrogen and oxygen atoms in total. The molecule has 0 spiro atoms. The molecule has 0 aromatic heterocycles. The average molecular weight is 497 g/mol. The molecule has 0 fully saturated rings. The van der Waals surface area contributed by atoms with Crippen molar-refractivity contribution >= 4 is 34.8 Å². The molecule has 174 valence electrons. The summed E-state index contributed by atoms with van der Waals surface area (Å²) in [6.07, 6.45) is -4.20. The molecule has 0 heterocycles. The molecule has 1 N–H and O–H groups in total. The molecule has 3 aromatic carbocycles. The number of nitrogens with one attached hydrogen (secondary N) is 1. The summed E-state index contributed by atoms with van der Waals surface area (Å²) in [5.74, 6) is -0.580. The van der Waals surface area contributed by atoms with Crippen molar-refractivity contribution in [2.45, 2.75) is 19.3 Å². The predicted molar refractivity (Wildman–Crippen MR) is 124 cm³/mol. The summed E-state index contributed by atoms with van der Waals surface area (Å²) in [5.41, 5.74) is 2.67. The van der Waals surface area contributed by atoms with Gasteiger partial charge in [-0.1, -0.05) is 47.5 Å². The zero-order chi connectivity index (χ0) is 24.0. The number of alkyl halides is 3. The predicted octanol–water partition coefficient (Wildman–Crippen LogP) is 6.82. The van der Waals surface area contributed by atoms with E-state index in [1.165, 1.54) is 24.3 Å². The molecule has 0 atom stereocenters. The summed E-state index contributed by atoms with van der Waals surface area (Å²) in [7, 11) is 1.71. The number of hydrogen-bond donors (Lipinski definition) is 1. The van der Waals surface area contributed by atoms with Crippen molar-refractivity contribution in [2.24, 2.45) is 0 Å². The zero-order valence-corrected chi connectivity index (χ0v) is 19.1. The lowest BCUT2D eigenvalue weighted by molar-refractivity contribution is -0.274. The number of amides is 1. The topological polar surface area (TPSA) is 41.6 Å².